The molecule has 0 spiro atoms. The summed E-state index contributed by atoms with van der Waals surface area (Å²) in [4.78, 5) is 28.6. The third-order valence-corrected chi connectivity index (χ3v) is 8.09. The lowest BCUT2D eigenvalue weighted by Gasteiger charge is -2.34. The Morgan fingerprint density at radius 2 is 1.59 bits per heavy atom. The van der Waals surface area contributed by atoms with E-state index in [1.807, 2.05) is 26.8 Å². The van der Waals surface area contributed by atoms with Crippen LogP contribution >= 0.6 is 0 Å². The molecule has 0 aromatic heterocycles. The molecule has 3 rings (SSSR count). The number of halogens is 1. The summed E-state index contributed by atoms with van der Waals surface area (Å²) < 4.78 is 42.4. The number of nitrogens with one attached hydrogen (secondary N) is 1. The van der Waals surface area contributed by atoms with Gasteiger partial charge in [-0.05, 0) is 75.6 Å². The molecule has 2 amide bonds. The maximum atomic E-state index is 14.0. The van der Waals surface area contributed by atoms with Gasteiger partial charge >= 0.3 is 0 Å². The molecule has 1 atom stereocenters. The minimum Gasteiger partial charge on any atom is -0.352 e. The maximum Gasteiger partial charge on any atom is 0.264 e. The second kappa shape index (κ2) is 12.9. The molecule has 7 nitrogen and oxygen atoms in total. The van der Waals surface area contributed by atoms with Gasteiger partial charge in [-0.2, -0.15) is 0 Å². The van der Waals surface area contributed by atoms with Gasteiger partial charge in [-0.25, -0.2) is 12.8 Å². The number of benzene rings is 3. The Balaban J connectivity index is 2.08. The Bertz CT molecular complexity index is 1390. The van der Waals surface area contributed by atoms with Crippen LogP contribution in [0.25, 0.3) is 0 Å². The van der Waals surface area contributed by atoms with Crippen molar-refractivity contribution in [1.82, 2.24) is 10.2 Å². The average Bonchev–Trinajstić information content (AvgIpc) is 2.88. The molecular formula is C30H36FN3O4S. The molecule has 0 fully saturated rings. The highest BCUT2D eigenvalue weighted by atomic mass is 32.2. The molecular weight excluding hydrogens is 517 g/mol. The van der Waals surface area contributed by atoms with Crippen molar-refractivity contribution in [3.05, 3.63) is 95.3 Å². The Morgan fingerprint density at radius 3 is 2.15 bits per heavy atom. The molecule has 0 aliphatic heterocycles. The zero-order chi connectivity index (χ0) is 28.7. The van der Waals surface area contributed by atoms with E-state index in [4.69, 9.17) is 0 Å². The fraction of sp³-hybridized carbons (Fsp3) is 0.333. The van der Waals surface area contributed by atoms with Gasteiger partial charge in [0, 0.05) is 12.6 Å². The van der Waals surface area contributed by atoms with Crippen LogP contribution in [0.5, 0.6) is 0 Å². The van der Waals surface area contributed by atoms with Crippen LogP contribution in [-0.2, 0) is 26.2 Å². The number of amides is 2. The first-order valence-electron chi connectivity index (χ1n) is 12.9. The first kappa shape index (κ1) is 29.8. The first-order valence-corrected chi connectivity index (χ1v) is 14.4. The highest BCUT2D eigenvalue weighted by Crippen LogP contribution is 2.28. The van der Waals surface area contributed by atoms with Crippen molar-refractivity contribution >= 4 is 27.5 Å². The molecule has 208 valence electrons. The van der Waals surface area contributed by atoms with E-state index in [0.717, 1.165) is 9.87 Å². The average molecular weight is 554 g/mol. The minimum atomic E-state index is -4.13. The number of rotatable bonds is 11. The number of nitrogens with zero attached hydrogens (tertiary/aromatic N) is 2. The Kier molecular flexibility index (Phi) is 9.86. The zero-order valence-electron chi connectivity index (χ0n) is 23.0. The summed E-state index contributed by atoms with van der Waals surface area (Å²) in [7, 11) is -4.13. The largest absolute Gasteiger partial charge is 0.352 e. The van der Waals surface area contributed by atoms with Crippen LogP contribution in [0, 0.1) is 19.7 Å². The highest BCUT2D eigenvalue weighted by molar-refractivity contribution is 7.92. The Morgan fingerprint density at radius 1 is 0.949 bits per heavy atom. The van der Waals surface area contributed by atoms with Gasteiger partial charge in [-0.1, -0.05) is 55.0 Å². The minimum absolute atomic E-state index is 0.00917. The summed E-state index contributed by atoms with van der Waals surface area (Å²) in [5.41, 5.74) is 2.63. The van der Waals surface area contributed by atoms with E-state index in [2.05, 4.69) is 5.32 Å². The van der Waals surface area contributed by atoms with Gasteiger partial charge in [-0.15, -0.1) is 0 Å². The number of hydrogen-bond donors (Lipinski definition) is 1. The standard InChI is InChI=1S/C30H36FN3O4S/c1-6-27(30(36)32-21(2)3)33(19-24-13-15-25(31)16-14-24)29(35)20-34(28-17-12-22(4)18-23(28)5)39(37,38)26-10-8-7-9-11-26/h7-18,21,27H,6,19-20H2,1-5H3,(H,32,36). The van der Waals surface area contributed by atoms with E-state index < -0.39 is 34.3 Å². The predicted octanol–water partition coefficient (Wildman–Crippen LogP) is 4.97. The van der Waals surface area contributed by atoms with Crippen molar-refractivity contribution in [3.8, 4) is 0 Å². The van der Waals surface area contributed by atoms with Crippen molar-refractivity contribution in [2.24, 2.45) is 0 Å². The van der Waals surface area contributed by atoms with Crippen molar-refractivity contribution in [2.75, 3.05) is 10.8 Å². The van der Waals surface area contributed by atoms with E-state index in [0.29, 0.717) is 23.2 Å². The molecule has 0 bridgehead atoms. The number of carbonyl (C=O) groups excluding carboxylic acids is 2. The van der Waals surface area contributed by atoms with E-state index in [-0.39, 0.29) is 23.4 Å². The van der Waals surface area contributed by atoms with E-state index >= 15 is 0 Å². The molecule has 0 saturated carbocycles. The van der Waals surface area contributed by atoms with Crippen molar-refractivity contribution < 1.29 is 22.4 Å². The molecule has 0 radical (unpaired) electrons. The lowest BCUT2D eigenvalue weighted by molar-refractivity contribution is -0.140. The van der Waals surface area contributed by atoms with Crippen LogP contribution in [0.3, 0.4) is 0 Å². The van der Waals surface area contributed by atoms with Gasteiger partial charge in [0.15, 0.2) is 0 Å². The van der Waals surface area contributed by atoms with Gasteiger partial charge in [0.25, 0.3) is 10.0 Å². The lowest BCUT2D eigenvalue weighted by Crippen LogP contribution is -2.53. The van der Waals surface area contributed by atoms with Crippen LogP contribution in [0.2, 0.25) is 0 Å². The Hall–Kier alpha value is -3.72. The second-order valence-corrected chi connectivity index (χ2v) is 11.7. The molecule has 39 heavy (non-hydrogen) atoms. The van der Waals surface area contributed by atoms with Gasteiger partial charge < -0.3 is 10.2 Å². The van der Waals surface area contributed by atoms with Gasteiger partial charge in [0.1, 0.15) is 18.4 Å². The number of sulfonamides is 1. The Labute approximate surface area is 230 Å². The lowest BCUT2D eigenvalue weighted by atomic mass is 10.1. The molecule has 1 unspecified atom stereocenters. The monoisotopic (exact) mass is 553 g/mol. The van der Waals surface area contributed by atoms with E-state index in [9.17, 15) is 22.4 Å². The van der Waals surface area contributed by atoms with Gasteiger partial charge in [0.2, 0.25) is 11.8 Å². The number of anilines is 1. The van der Waals surface area contributed by atoms with Crippen LogP contribution in [0.4, 0.5) is 10.1 Å². The fourth-order valence-corrected chi connectivity index (χ4v) is 5.90. The summed E-state index contributed by atoms with van der Waals surface area (Å²) in [6, 6.07) is 17.9. The molecule has 0 heterocycles. The van der Waals surface area contributed by atoms with Crippen molar-refractivity contribution in [3.63, 3.8) is 0 Å². The molecule has 0 aliphatic rings. The highest BCUT2D eigenvalue weighted by Gasteiger charge is 2.34. The summed E-state index contributed by atoms with van der Waals surface area (Å²) in [5, 5.41) is 2.86. The molecule has 0 saturated heterocycles. The summed E-state index contributed by atoms with van der Waals surface area (Å²) in [6.45, 7) is 8.63. The second-order valence-electron chi connectivity index (χ2n) is 9.85. The molecule has 0 aliphatic carbocycles. The maximum absolute atomic E-state index is 14.0. The van der Waals surface area contributed by atoms with Crippen molar-refractivity contribution in [2.45, 2.75) is 64.6 Å². The van der Waals surface area contributed by atoms with Gasteiger partial charge in [-0.3, -0.25) is 13.9 Å². The van der Waals surface area contributed by atoms with Crippen LogP contribution in [0.1, 0.15) is 43.9 Å². The van der Waals surface area contributed by atoms with E-state index in [1.165, 1.54) is 29.2 Å². The van der Waals surface area contributed by atoms with Crippen LogP contribution < -0.4 is 9.62 Å². The number of hydrogen-bond acceptors (Lipinski definition) is 4. The summed E-state index contributed by atoms with van der Waals surface area (Å²) >= 11 is 0. The summed E-state index contributed by atoms with van der Waals surface area (Å²) in [5.74, 6) is -1.31. The smallest absolute Gasteiger partial charge is 0.264 e. The van der Waals surface area contributed by atoms with Gasteiger partial charge in [0.05, 0.1) is 10.6 Å². The summed E-state index contributed by atoms with van der Waals surface area (Å²) in [6.07, 6.45) is 0.306. The zero-order valence-corrected chi connectivity index (χ0v) is 23.8. The third-order valence-electron chi connectivity index (χ3n) is 6.31. The fourth-order valence-electron chi connectivity index (χ4n) is 4.40. The number of carbonyl (C=O) groups is 2. The molecule has 9 heteroatoms. The molecule has 3 aromatic rings. The van der Waals surface area contributed by atoms with E-state index in [1.54, 1.807) is 56.3 Å². The normalized spacial score (nSPS) is 12.2. The van der Waals surface area contributed by atoms with Crippen LogP contribution in [-0.4, -0.2) is 43.8 Å². The molecule has 1 N–H and O–H groups in total. The number of aryl methyl sites for hydroxylation is 2. The SMILES string of the molecule is CCC(C(=O)NC(C)C)N(Cc1ccc(F)cc1)C(=O)CN(c1ccc(C)cc1C)S(=O)(=O)c1ccccc1. The third kappa shape index (κ3) is 7.44. The van der Waals surface area contributed by atoms with Crippen LogP contribution in [0.15, 0.2) is 77.7 Å². The topological polar surface area (TPSA) is 86.8 Å². The quantitative estimate of drug-likeness (QED) is 0.363. The first-order chi connectivity index (χ1) is 18.4. The van der Waals surface area contributed by atoms with Crippen molar-refractivity contribution in [1.29, 1.82) is 0 Å². The predicted molar refractivity (Wildman–Crippen MR) is 151 cm³/mol. The molecule has 3 aromatic carbocycles.